The largest absolute Gasteiger partial charge is 0.248 e. The molecule has 0 radical (unpaired) electrons. The average molecular weight is 334 g/mol. The first kappa shape index (κ1) is 15.1. The van der Waals surface area contributed by atoms with Crippen LogP contribution in [0.15, 0.2) is 72.9 Å². The van der Waals surface area contributed by atoms with Crippen LogP contribution >= 0.6 is 11.6 Å². The van der Waals surface area contributed by atoms with E-state index in [-0.39, 0.29) is 0 Å². The second kappa shape index (κ2) is 6.58. The normalized spacial score (nSPS) is 11.2. The fourth-order valence-electron chi connectivity index (χ4n) is 3.10. The number of pyridine rings is 2. The Labute approximate surface area is 146 Å². The third-order valence-corrected chi connectivity index (χ3v) is 4.55. The van der Waals surface area contributed by atoms with Crippen molar-refractivity contribution in [2.75, 3.05) is 5.88 Å². The summed E-state index contributed by atoms with van der Waals surface area (Å²) < 4.78 is 2.28. The second-order valence-electron chi connectivity index (χ2n) is 5.91. The first-order chi connectivity index (χ1) is 11.8. The Bertz CT molecular complexity index is 1010. The average Bonchev–Trinajstić information content (AvgIpc) is 2.65. The predicted octanol–water partition coefficient (Wildman–Crippen LogP) is 4.97. The van der Waals surface area contributed by atoms with Gasteiger partial charge in [-0.2, -0.15) is 4.57 Å². The molecular weight excluding hydrogens is 316 g/mol. The second-order valence-corrected chi connectivity index (χ2v) is 6.29. The summed E-state index contributed by atoms with van der Waals surface area (Å²) in [6.45, 7) is 0.908. The van der Waals surface area contributed by atoms with E-state index in [0.717, 1.165) is 35.1 Å². The van der Waals surface area contributed by atoms with Gasteiger partial charge in [-0.3, -0.25) is 0 Å². The maximum atomic E-state index is 5.90. The highest BCUT2D eigenvalue weighted by molar-refractivity contribution is 6.17. The Kier molecular flexibility index (Phi) is 4.14. The zero-order valence-electron chi connectivity index (χ0n) is 13.3. The molecule has 0 aliphatic carbocycles. The lowest BCUT2D eigenvalue weighted by molar-refractivity contribution is -0.670. The van der Waals surface area contributed by atoms with Crippen molar-refractivity contribution < 1.29 is 4.57 Å². The minimum atomic E-state index is 0.666. The fourth-order valence-corrected chi connectivity index (χ4v) is 3.21. The molecule has 0 fully saturated rings. The van der Waals surface area contributed by atoms with Crippen LogP contribution in [0.5, 0.6) is 0 Å². The standard InChI is InChI=1S/C21H18ClN2/c22-12-5-13-24-15-18(14-17-7-2-4-9-21(17)24)20-11-10-16-6-1-3-8-19(16)23-20/h1-4,6-11,14-15H,5,12-13H2/q+1. The monoisotopic (exact) mass is 333 g/mol. The van der Waals surface area contributed by atoms with Gasteiger partial charge in [0.15, 0.2) is 6.20 Å². The Balaban J connectivity index is 1.88. The first-order valence-electron chi connectivity index (χ1n) is 8.19. The summed E-state index contributed by atoms with van der Waals surface area (Å²) in [5.41, 5.74) is 4.38. The van der Waals surface area contributed by atoms with Crippen LogP contribution in [0.3, 0.4) is 0 Å². The highest BCUT2D eigenvalue weighted by Gasteiger charge is 2.13. The molecule has 2 aromatic heterocycles. The molecule has 0 aliphatic rings. The summed E-state index contributed by atoms with van der Waals surface area (Å²) in [5, 5.41) is 2.39. The molecule has 0 saturated heterocycles. The summed E-state index contributed by atoms with van der Waals surface area (Å²) in [7, 11) is 0. The smallest absolute Gasteiger partial charge is 0.212 e. The summed E-state index contributed by atoms with van der Waals surface area (Å²) in [4.78, 5) is 4.83. The van der Waals surface area contributed by atoms with Gasteiger partial charge >= 0.3 is 0 Å². The number of aryl methyl sites for hydroxylation is 1. The van der Waals surface area contributed by atoms with Gasteiger partial charge in [0.25, 0.3) is 0 Å². The van der Waals surface area contributed by atoms with Crippen molar-refractivity contribution in [2.45, 2.75) is 13.0 Å². The van der Waals surface area contributed by atoms with E-state index in [4.69, 9.17) is 16.6 Å². The molecule has 0 spiro atoms. The van der Waals surface area contributed by atoms with E-state index < -0.39 is 0 Å². The molecule has 0 N–H and O–H groups in total. The number of para-hydroxylation sites is 2. The molecule has 2 heterocycles. The minimum absolute atomic E-state index is 0.666. The molecule has 0 unspecified atom stereocenters. The van der Waals surface area contributed by atoms with Crippen LogP contribution in [-0.2, 0) is 6.54 Å². The van der Waals surface area contributed by atoms with Crippen molar-refractivity contribution in [3.63, 3.8) is 0 Å². The van der Waals surface area contributed by atoms with Crippen molar-refractivity contribution >= 4 is 33.4 Å². The Morgan fingerprint density at radius 1 is 0.875 bits per heavy atom. The maximum Gasteiger partial charge on any atom is 0.212 e. The maximum absolute atomic E-state index is 5.90. The van der Waals surface area contributed by atoms with Crippen LogP contribution in [0, 0.1) is 0 Å². The zero-order valence-corrected chi connectivity index (χ0v) is 14.1. The Morgan fingerprint density at radius 2 is 1.67 bits per heavy atom. The SMILES string of the molecule is ClCCC[n+]1cc(-c2ccc3ccccc3n2)cc2ccccc21. The van der Waals surface area contributed by atoms with E-state index in [1.54, 1.807) is 0 Å². The van der Waals surface area contributed by atoms with E-state index in [1.807, 2.05) is 12.1 Å². The lowest BCUT2D eigenvalue weighted by Crippen LogP contribution is -2.34. The van der Waals surface area contributed by atoms with Gasteiger partial charge in [-0.25, -0.2) is 4.98 Å². The summed E-state index contributed by atoms with van der Waals surface area (Å²) >= 11 is 5.90. The highest BCUT2D eigenvalue weighted by Crippen LogP contribution is 2.23. The Hall–Kier alpha value is -2.45. The number of benzene rings is 2. The summed E-state index contributed by atoms with van der Waals surface area (Å²) in [6.07, 6.45) is 3.14. The van der Waals surface area contributed by atoms with Gasteiger partial charge in [-0.1, -0.05) is 36.4 Å². The number of hydrogen-bond donors (Lipinski definition) is 0. The summed E-state index contributed by atoms with van der Waals surface area (Å²) in [6, 6.07) is 23.1. The molecule has 0 amide bonds. The van der Waals surface area contributed by atoms with Crippen LogP contribution in [0.4, 0.5) is 0 Å². The van der Waals surface area contributed by atoms with Crippen molar-refractivity contribution in [1.82, 2.24) is 4.98 Å². The summed E-state index contributed by atoms with van der Waals surface area (Å²) in [5.74, 6) is 0.666. The van der Waals surface area contributed by atoms with Crippen LogP contribution < -0.4 is 4.57 Å². The predicted molar refractivity (Wildman–Crippen MR) is 100 cm³/mol. The molecule has 3 heteroatoms. The van der Waals surface area contributed by atoms with Gasteiger partial charge in [0, 0.05) is 29.1 Å². The first-order valence-corrected chi connectivity index (χ1v) is 8.73. The van der Waals surface area contributed by atoms with Crippen molar-refractivity contribution in [3.8, 4) is 11.3 Å². The number of rotatable bonds is 4. The fraction of sp³-hybridized carbons (Fsp3) is 0.143. The van der Waals surface area contributed by atoms with Gasteiger partial charge < -0.3 is 0 Å². The molecular formula is C21H18ClN2+. The van der Waals surface area contributed by atoms with E-state index in [9.17, 15) is 0 Å². The number of hydrogen-bond acceptors (Lipinski definition) is 1. The molecule has 0 aliphatic heterocycles. The van der Waals surface area contributed by atoms with Gasteiger partial charge in [0.1, 0.15) is 6.54 Å². The van der Waals surface area contributed by atoms with Gasteiger partial charge in [-0.05, 0) is 24.3 Å². The number of alkyl halides is 1. The zero-order chi connectivity index (χ0) is 16.4. The molecule has 24 heavy (non-hydrogen) atoms. The Morgan fingerprint density at radius 3 is 2.54 bits per heavy atom. The number of nitrogens with zero attached hydrogens (tertiary/aromatic N) is 2. The third kappa shape index (κ3) is 2.85. The third-order valence-electron chi connectivity index (χ3n) is 4.28. The van der Waals surface area contributed by atoms with Crippen molar-refractivity contribution in [1.29, 1.82) is 0 Å². The minimum Gasteiger partial charge on any atom is -0.248 e. The molecule has 2 aromatic carbocycles. The van der Waals surface area contributed by atoms with Crippen LogP contribution in [-0.4, -0.2) is 10.9 Å². The lowest BCUT2D eigenvalue weighted by atomic mass is 10.1. The van der Waals surface area contributed by atoms with E-state index in [1.165, 1.54) is 10.9 Å². The molecule has 4 aromatic rings. The van der Waals surface area contributed by atoms with E-state index in [2.05, 4.69) is 65.4 Å². The number of aromatic nitrogens is 2. The lowest BCUT2D eigenvalue weighted by Gasteiger charge is -2.06. The molecule has 4 rings (SSSR count). The number of halogens is 1. The van der Waals surface area contributed by atoms with E-state index in [0.29, 0.717) is 5.88 Å². The highest BCUT2D eigenvalue weighted by atomic mass is 35.5. The molecule has 0 bridgehead atoms. The quantitative estimate of drug-likeness (QED) is 0.380. The van der Waals surface area contributed by atoms with Gasteiger partial charge in [0.2, 0.25) is 5.52 Å². The molecule has 2 nitrogen and oxygen atoms in total. The van der Waals surface area contributed by atoms with E-state index >= 15 is 0 Å². The topological polar surface area (TPSA) is 16.8 Å². The van der Waals surface area contributed by atoms with Crippen LogP contribution in [0.2, 0.25) is 0 Å². The van der Waals surface area contributed by atoms with Gasteiger partial charge in [-0.15, -0.1) is 11.6 Å². The van der Waals surface area contributed by atoms with Crippen LogP contribution in [0.1, 0.15) is 6.42 Å². The number of fused-ring (bicyclic) bond motifs is 2. The van der Waals surface area contributed by atoms with Gasteiger partial charge in [0.05, 0.1) is 16.8 Å². The van der Waals surface area contributed by atoms with Crippen molar-refractivity contribution in [3.05, 3.63) is 72.9 Å². The molecule has 118 valence electrons. The van der Waals surface area contributed by atoms with Crippen LogP contribution in [0.25, 0.3) is 33.1 Å². The van der Waals surface area contributed by atoms with Crippen molar-refractivity contribution in [2.24, 2.45) is 0 Å². The molecule has 0 atom stereocenters. The molecule has 0 saturated carbocycles.